The fourth-order valence-corrected chi connectivity index (χ4v) is 3.11. The Morgan fingerprint density at radius 3 is 3.04 bits per heavy atom. The molecule has 144 valence electrons. The third-order valence-corrected chi connectivity index (χ3v) is 4.63. The summed E-state index contributed by atoms with van der Waals surface area (Å²) in [4.78, 5) is 13.3. The number of pyridine rings is 1. The maximum absolute atomic E-state index is 5.96. The normalized spacial score (nSPS) is 18.3. The van der Waals surface area contributed by atoms with Gasteiger partial charge in [-0.3, -0.25) is 9.67 Å². The molecule has 1 aliphatic carbocycles. The lowest BCUT2D eigenvalue weighted by atomic mass is 10.2. The first-order valence-corrected chi connectivity index (χ1v) is 9.24. The first-order valence-electron chi connectivity index (χ1n) is 9.24. The minimum atomic E-state index is 0.463. The Balaban J connectivity index is 1.39. The molecule has 4 rings (SSSR count). The summed E-state index contributed by atoms with van der Waals surface area (Å²) in [5.41, 5.74) is 7.70. The second kappa shape index (κ2) is 8.08. The van der Waals surface area contributed by atoms with E-state index in [-0.39, 0.29) is 0 Å². The number of nitrogens with one attached hydrogen (secondary N) is 1. The van der Waals surface area contributed by atoms with Crippen LogP contribution in [0.3, 0.4) is 0 Å². The molecular formula is C20H23N7O. The van der Waals surface area contributed by atoms with Gasteiger partial charge in [-0.15, -0.1) is 0 Å². The first kappa shape index (κ1) is 18.0. The van der Waals surface area contributed by atoms with Crippen LogP contribution in [0.15, 0.2) is 49.1 Å². The molecule has 8 heteroatoms. The monoisotopic (exact) mass is 377 g/mol. The molecule has 1 aliphatic rings. The summed E-state index contributed by atoms with van der Waals surface area (Å²) in [6, 6.07) is 7.84. The van der Waals surface area contributed by atoms with Crippen LogP contribution in [0.1, 0.15) is 29.4 Å². The van der Waals surface area contributed by atoms with Crippen molar-refractivity contribution in [3.8, 4) is 5.88 Å². The Labute approximate surface area is 163 Å². The summed E-state index contributed by atoms with van der Waals surface area (Å²) in [6.45, 7) is 1.21. The summed E-state index contributed by atoms with van der Waals surface area (Å²) >= 11 is 0. The van der Waals surface area contributed by atoms with Crippen LogP contribution < -0.4 is 15.8 Å². The van der Waals surface area contributed by atoms with Crippen LogP contribution in [0.2, 0.25) is 0 Å². The lowest BCUT2D eigenvalue weighted by molar-refractivity contribution is 0.285. The van der Waals surface area contributed by atoms with E-state index in [1.807, 2.05) is 43.8 Å². The molecule has 0 saturated heterocycles. The van der Waals surface area contributed by atoms with E-state index in [0.717, 1.165) is 17.7 Å². The molecule has 0 aromatic carbocycles. The van der Waals surface area contributed by atoms with Crippen molar-refractivity contribution in [2.75, 3.05) is 11.9 Å². The van der Waals surface area contributed by atoms with Crippen molar-refractivity contribution in [1.29, 1.82) is 0 Å². The number of aromatic nitrogens is 5. The van der Waals surface area contributed by atoms with E-state index in [1.165, 1.54) is 6.20 Å². The summed E-state index contributed by atoms with van der Waals surface area (Å²) in [7, 11) is 1.89. The van der Waals surface area contributed by atoms with Crippen LogP contribution in [-0.2, 0) is 13.6 Å². The third-order valence-electron chi connectivity index (χ3n) is 4.63. The van der Waals surface area contributed by atoms with Gasteiger partial charge in [-0.05, 0) is 30.8 Å². The van der Waals surface area contributed by atoms with Gasteiger partial charge in [0.05, 0.1) is 12.8 Å². The van der Waals surface area contributed by atoms with Crippen LogP contribution in [0.4, 0.5) is 5.82 Å². The fraction of sp³-hybridized carbons (Fsp3) is 0.300. The van der Waals surface area contributed by atoms with E-state index in [9.17, 15) is 0 Å². The maximum atomic E-state index is 5.96. The maximum Gasteiger partial charge on any atom is 0.219 e. The zero-order valence-corrected chi connectivity index (χ0v) is 15.7. The Morgan fingerprint density at radius 1 is 1.36 bits per heavy atom. The van der Waals surface area contributed by atoms with E-state index in [1.54, 1.807) is 10.8 Å². The molecule has 2 atom stereocenters. The van der Waals surface area contributed by atoms with Crippen molar-refractivity contribution in [3.63, 3.8) is 0 Å². The molecule has 0 bridgehead atoms. The number of rotatable bonds is 8. The summed E-state index contributed by atoms with van der Waals surface area (Å²) in [5.74, 6) is 2.65. The topological polar surface area (TPSA) is 104 Å². The zero-order valence-electron chi connectivity index (χ0n) is 15.7. The molecule has 1 fully saturated rings. The van der Waals surface area contributed by atoms with Gasteiger partial charge < -0.3 is 15.8 Å². The van der Waals surface area contributed by atoms with Crippen molar-refractivity contribution < 1.29 is 4.74 Å². The number of anilines is 1. The highest BCUT2D eigenvalue weighted by Gasteiger charge is 2.39. The second-order valence-electron chi connectivity index (χ2n) is 6.85. The molecule has 1 saturated carbocycles. The average Bonchev–Trinajstić information content (AvgIpc) is 3.38. The summed E-state index contributed by atoms with van der Waals surface area (Å²) in [5, 5.41) is 7.45. The van der Waals surface area contributed by atoms with Gasteiger partial charge in [0.2, 0.25) is 5.88 Å². The van der Waals surface area contributed by atoms with Crippen molar-refractivity contribution in [3.05, 3.63) is 66.1 Å². The molecule has 3 aromatic heterocycles. The molecular weight excluding hydrogens is 354 g/mol. The Morgan fingerprint density at radius 2 is 2.29 bits per heavy atom. The summed E-state index contributed by atoms with van der Waals surface area (Å²) < 4.78 is 7.72. The lowest BCUT2D eigenvalue weighted by Gasteiger charge is -2.09. The van der Waals surface area contributed by atoms with Crippen LogP contribution in [0.25, 0.3) is 6.08 Å². The zero-order chi connectivity index (χ0) is 19.3. The van der Waals surface area contributed by atoms with Crippen LogP contribution >= 0.6 is 0 Å². The van der Waals surface area contributed by atoms with Crippen molar-refractivity contribution in [2.24, 2.45) is 18.7 Å². The van der Waals surface area contributed by atoms with Crippen LogP contribution in [-0.4, -0.2) is 31.3 Å². The number of hydrogen-bond acceptors (Lipinski definition) is 7. The number of ether oxygens (including phenoxy) is 1. The van der Waals surface area contributed by atoms with Crippen LogP contribution in [0.5, 0.6) is 5.88 Å². The second-order valence-corrected chi connectivity index (χ2v) is 6.85. The van der Waals surface area contributed by atoms with Gasteiger partial charge in [0.1, 0.15) is 5.82 Å². The third kappa shape index (κ3) is 4.46. The molecule has 0 radical (unpaired) electrons. The molecule has 3 aromatic rings. The quantitative estimate of drug-likeness (QED) is 0.621. The molecule has 0 unspecified atom stereocenters. The standard InChI is InChI=1S/C20H23N7O/c1-27-12-14(11-24-27)10-23-19-9-20(26-18(25-19)5-6-21)28-13-15-8-16(15)17-4-2-3-7-22-17/h2-7,9,11-12,15-16H,8,10,13,21H2,1H3,(H,23,25,26)/t15-,16+/m1/s1. The van der Waals surface area contributed by atoms with Gasteiger partial charge >= 0.3 is 0 Å². The van der Waals surface area contributed by atoms with Gasteiger partial charge in [-0.25, -0.2) is 4.98 Å². The molecule has 0 aliphatic heterocycles. The van der Waals surface area contributed by atoms with Crippen LogP contribution in [0, 0.1) is 5.92 Å². The molecule has 3 N–H and O–H groups in total. The van der Waals surface area contributed by atoms with Gasteiger partial charge in [0.25, 0.3) is 0 Å². The predicted octanol–water partition coefficient (Wildman–Crippen LogP) is 2.33. The van der Waals surface area contributed by atoms with E-state index < -0.39 is 0 Å². The number of nitrogens with zero attached hydrogens (tertiary/aromatic N) is 5. The van der Waals surface area contributed by atoms with E-state index in [4.69, 9.17) is 10.5 Å². The van der Waals surface area contributed by atoms with Gasteiger partial charge in [0.15, 0.2) is 5.82 Å². The van der Waals surface area contributed by atoms with E-state index in [2.05, 4.69) is 31.4 Å². The van der Waals surface area contributed by atoms with Crippen molar-refractivity contribution >= 4 is 11.9 Å². The Kier molecular flexibility index (Phi) is 5.18. The van der Waals surface area contributed by atoms with E-state index >= 15 is 0 Å². The lowest BCUT2D eigenvalue weighted by Crippen LogP contribution is -2.07. The van der Waals surface area contributed by atoms with E-state index in [0.29, 0.717) is 42.5 Å². The first-order chi connectivity index (χ1) is 13.7. The Hall–Kier alpha value is -3.42. The smallest absolute Gasteiger partial charge is 0.219 e. The van der Waals surface area contributed by atoms with Gasteiger partial charge in [-0.2, -0.15) is 10.1 Å². The van der Waals surface area contributed by atoms with Crippen molar-refractivity contribution in [1.82, 2.24) is 24.7 Å². The predicted molar refractivity (Wildman–Crippen MR) is 106 cm³/mol. The minimum absolute atomic E-state index is 0.463. The molecule has 0 amide bonds. The SMILES string of the molecule is Cn1cc(CNc2cc(OC[C@H]3C[C@@H]3c3ccccn3)nc(C=CN)n2)cn1. The number of aryl methyl sites for hydroxylation is 1. The molecule has 28 heavy (non-hydrogen) atoms. The molecule has 3 heterocycles. The van der Waals surface area contributed by atoms with Gasteiger partial charge in [-0.1, -0.05) is 6.07 Å². The highest BCUT2D eigenvalue weighted by Crippen LogP contribution is 2.46. The molecule has 8 nitrogen and oxygen atoms in total. The number of hydrogen-bond donors (Lipinski definition) is 2. The van der Waals surface area contributed by atoms with Gasteiger partial charge in [0, 0.05) is 55.1 Å². The minimum Gasteiger partial charge on any atom is -0.477 e. The summed E-state index contributed by atoms with van der Waals surface area (Å²) in [6.07, 6.45) is 9.76. The molecule has 0 spiro atoms. The largest absolute Gasteiger partial charge is 0.477 e. The number of nitrogens with two attached hydrogens (primary N) is 1. The highest BCUT2D eigenvalue weighted by atomic mass is 16.5. The fourth-order valence-electron chi connectivity index (χ4n) is 3.11. The Bertz CT molecular complexity index is 954. The average molecular weight is 377 g/mol. The van der Waals surface area contributed by atoms with Crippen molar-refractivity contribution in [2.45, 2.75) is 18.9 Å². The highest BCUT2D eigenvalue weighted by molar-refractivity contribution is 5.47.